The first-order valence-corrected chi connectivity index (χ1v) is 15.2. The van der Waals surface area contributed by atoms with E-state index < -0.39 is 20.2 Å². The molecule has 4 aromatic rings. The van der Waals surface area contributed by atoms with E-state index in [0.717, 1.165) is 38.0 Å². The zero-order valence-electron chi connectivity index (χ0n) is 22.7. The summed E-state index contributed by atoms with van der Waals surface area (Å²) in [6.07, 6.45) is 5.51. The van der Waals surface area contributed by atoms with Crippen molar-refractivity contribution in [3.63, 3.8) is 0 Å². The largest absolute Gasteiger partial charge is 0.748 e. The standard InChI is InChI=1S/C25H27N4.2CH4O3S/c1-28-24(14-7-17-5-10-20(11-6-17)29(2,3)4)23-15-18(26)8-12-21(23)22-13-9-19(27)16-25(22)28;2*1-5(2,3)4/h5-16,27H,26H2,1-4H3;2*1H3,(H,2,3,4)/q+1;;/p-1/b14-7+;;. The Kier molecular flexibility index (Phi) is 9.82. The zero-order chi connectivity index (χ0) is 29.8. The molecule has 1 aromatic heterocycles. The van der Waals surface area contributed by atoms with Crippen LogP contribution in [0.4, 0.5) is 17.1 Å². The molecule has 4 rings (SSSR count). The second-order valence-corrected chi connectivity index (χ2v) is 12.7. The van der Waals surface area contributed by atoms with Crippen LogP contribution < -0.4 is 20.5 Å². The molecule has 210 valence electrons. The van der Waals surface area contributed by atoms with E-state index in [1.54, 1.807) is 0 Å². The van der Waals surface area contributed by atoms with Crippen LogP contribution in [-0.2, 0) is 27.3 Å². The monoisotopic (exact) mass is 574 g/mol. The van der Waals surface area contributed by atoms with Gasteiger partial charge in [0.1, 0.15) is 12.7 Å². The first-order chi connectivity index (χ1) is 17.7. The predicted octanol–water partition coefficient (Wildman–Crippen LogP) is 2.67. The average molecular weight is 575 g/mol. The summed E-state index contributed by atoms with van der Waals surface area (Å²) in [5.41, 5.74) is 18.3. The van der Waals surface area contributed by atoms with Gasteiger partial charge in [-0.05, 0) is 60.2 Å². The molecule has 0 aliphatic heterocycles. The number of hydrogen-bond acceptors (Lipinski definition) is 8. The van der Waals surface area contributed by atoms with Crippen molar-refractivity contribution in [1.29, 1.82) is 0 Å². The van der Waals surface area contributed by atoms with Crippen LogP contribution in [0.2, 0.25) is 0 Å². The lowest BCUT2D eigenvalue weighted by Gasteiger charge is -2.23. The number of aromatic nitrogens is 1. The Morgan fingerprint density at radius 3 is 1.67 bits per heavy atom. The van der Waals surface area contributed by atoms with Crippen molar-refractivity contribution in [2.24, 2.45) is 7.05 Å². The number of hydrogen-bond donors (Lipinski definition) is 2. The van der Waals surface area contributed by atoms with Crippen LogP contribution in [-0.4, -0.2) is 59.6 Å². The Bertz CT molecular complexity index is 1680. The maximum Gasteiger partial charge on any atom is 0.215 e. The number of nitrogens with two attached hydrogens (primary N) is 2. The highest BCUT2D eigenvalue weighted by atomic mass is 32.2. The fourth-order valence-corrected chi connectivity index (χ4v) is 3.78. The summed E-state index contributed by atoms with van der Waals surface area (Å²) >= 11 is 0. The number of anilines is 2. The second kappa shape index (κ2) is 12.1. The first-order valence-electron chi connectivity index (χ1n) is 11.6. The fraction of sp³-hybridized carbons (Fsp3) is 0.222. The molecule has 0 bridgehead atoms. The molecule has 3 aromatic carbocycles. The molecule has 4 N–H and O–H groups in total. The summed E-state index contributed by atoms with van der Waals surface area (Å²) in [6.45, 7) is 0. The van der Waals surface area contributed by atoms with E-state index in [2.05, 4.69) is 81.3 Å². The first kappa shape index (κ1) is 31.7. The van der Waals surface area contributed by atoms with E-state index in [-0.39, 0.29) is 0 Å². The lowest BCUT2D eigenvalue weighted by atomic mass is 10.0. The lowest BCUT2D eigenvalue weighted by molar-refractivity contribution is -0.645. The van der Waals surface area contributed by atoms with Crippen molar-refractivity contribution in [2.75, 3.05) is 45.1 Å². The van der Waals surface area contributed by atoms with Crippen LogP contribution in [0.5, 0.6) is 0 Å². The van der Waals surface area contributed by atoms with Crippen molar-refractivity contribution in [3.8, 4) is 0 Å². The molecule has 10 nitrogen and oxygen atoms in total. The molecular weight excluding hydrogens is 540 g/mol. The Morgan fingerprint density at radius 2 is 1.18 bits per heavy atom. The third-order valence-electron chi connectivity index (χ3n) is 5.46. The number of aryl methyl sites for hydroxylation is 1. The molecule has 12 heteroatoms. The van der Waals surface area contributed by atoms with Gasteiger partial charge < -0.3 is 20.6 Å². The van der Waals surface area contributed by atoms with E-state index in [4.69, 9.17) is 37.4 Å². The molecule has 0 unspecified atom stereocenters. The van der Waals surface area contributed by atoms with Crippen LogP contribution >= 0.6 is 0 Å². The van der Waals surface area contributed by atoms with Crippen molar-refractivity contribution in [1.82, 2.24) is 4.48 Å². The molecule has 0 atom stereocenters. The molecule has 0 amide bonds. The average Bonchev–Trinajstić information content (AvgIpc) is 2.76. The van der Waals surface area contributed by atoms with Gasteiger partial charge in [-0.1, -0.05) is 6.07 Å². The third-order valence-corrected chi connectivity index (χ3v) is 5.46. The van der Waals surface area contributed by atoms with Crippen molar-refractivity contribution in [2.45, 2.75) is 0 Å². The third kappa shape index (κ3) is 10.3. The van der Waals surface area contributed by atoms with Crippen LogP contribution in [0, 0.1) is 0 Å². The van der Waals surface area contributed by atoms with Crippen molar-refractivity contribution >= 4 is 71.1 Å². The van der Waals surface area contributed by atoms with Gasteiger partial charge in [0, 0.05) is 41.4 Å². The Labute approximate surface area is 229 Å². The number of pyridine rings is 1. The SMILES string of the molecule is CS(=O)(=O)[O-].CS(=O)(=O)[O-].C[n+]1c(/C=C/c2ccc([N+](C)(C)C)cc2)c2cc(N)ccc2c2ccc(N)cc21. The Balaban J connectivity index is 0.000000458. The number of rotatable bonds is 3. The molecular formula is C27H34N4O6S2. The minimum Gasteiger partial charge on any atom is -0.748 e. The number of nitrogens with zero attached hydrogens (tertiary/aromatic N) is 2. The normalized spacial score (nSPS) is 12.1. The molecule has 1 heterocycles. The van der Waals surface area contributed by atoms with Gasteiger partial charge in [-0.25, -0.2) is 16.8 Å². The zero-order valence-corrected chi connectivity index (χ0v) is 24.4. The maximum atomic E-state index is 9.08. The minimum absolute atomic E-state index is 0.604. The molecule has 0 saturated carbocycles. The lowest BCUT2D eigenvalue weighted by Crippen LogP contribution is -2.34. The van der Waals surface area contributed by atoms with Gasteiger partial charge in [-0.3, -0.25) is 4.48 Å². The van der Waals surface area contributed by atoms with Gasteiger partial charge in [0.25, 0.3) is 0 Å². The highest BCUT2D eigenvalue weighted by Crippen LogP contribution is 2.29. The second-order valence-electron chi connectivity index (χ2n) is 9.87. The van der Waals surface area contributed by atoms with Gasteiger partial charge in [0.05, 0.1) is 52.2 Å². The number of nitrogen functional groups attached to an aromatic ring is 2. The van der Waals surface area contributed by atoms with Crippen LogP contribution in [0.25, 0.3) is 33.8 Å². The number of fused-ring (bicyclic) bond motifs is 3. The van der Waals surface area contributed by atoms with Gasteiger partial charge in [-0.15, -0.1) is 0 Å². The van der Waals surface area contributed by atoms with E-state index in [1.807, 2.05) is 24.3 Å². The smallest absolute Gasteiger partial charge is 0.215 e. The number of benzene rings is 3. The summed E-state index contributed by atoms with van der Waals surface area (Å²) in [4.78, 5) is 0. The molecule has 39 heavy (non-hydrogen) atoms. The van der Waals surface area contributed by atoms with Gasteiger partial charge in [0.2, 0.25) is 11.2 Å². The molecule has 0 fully saturated rings. The van der Waals surface area contributed by atoms with Crippen molar-refractivity contribution in [3.05, 3.63) is 71.9 Å². The van der Waals surface area contributed by atoms with Crippen LogP contribution in [0.1, 0.15) is 11.3 Å². The van der Waals surface area contributed by atoms with Crippen LogP contribution in [0.3, 0.4) is 0 Å². The van der Waals surface area contributed by atoms with E-state index in [9.17, 15) is 0 Å². The molecule has 0 aliphatic carbocycles. The molecule has 0 radical (unpaired) electrons. The predicted molar refractivity (Wildman–Crippen MR) is 158 cm³/mol. The summed E-state index contributed by atoms with van der Waals surface area (Å²) in [7, 11) is 0.747. The minimum atomic E-state index is -3.92. The molecule has 0 aliphatic rings. The van der Waals surface area contributed by atoms with E-state index in [0.29, 0.717) is 12.5 Å². The quantitative estimate of drug-likeness (QED) is 0.124. The highest BCUT2D eigenvalue weighted by Gasteiger charge is 2.17. The van der Waals surface area contributed by atoms with Gasteiger partial charge >= 0.3 is 0 Å². The topological polar surface area (TPSA) is 170 Å². The van der Waals surface area contributed by atoms with Crippen molar-refractivity contribution < 1.29 is 30.5 Å². The molecule has 0 spiro atoms. The fourth-order valence-electron chi connectivity index (χ4n) is 3.78. The summed E-state index contributed by atoms with van der Waals surface area (Å²) < 4.78 is 57.4. The van der Waals surface area contributed by atoms with Gasteiger partial charge in [0.15, 0.2) is 0 Å². The molecule has 0 saturated heterocycles. The highest BCUT2D eigenvalue weighted by molar-refractivity contribution is 7.85. The summed E-state index contributed by atoms with van der Waals surface area (Å²) in [6, 6.07) is 20.8. The number of quaternary nitrogens is 1. The van der Waals surface area contributed by atoms with E-state index >= 15 is 0 Å². The van der Waals surface area contributed by atoms with Gasteiger partial charge in [-0.2, -0.15) is 4.57 Å². The Hall–Kier alpha value is -3.55. The Morgan fingerprint density at radius 1 is 0.718 bits per heavy atom. The maximum absolute atomic E-state index is 9.08. The summed E-state index contributed by atoms with van der Waals surface area (Å²) in [5, 5.41) is 3.47. The van der Waals surface area contributed by atoms with Crippen LogP contribution in [0.15, 0.2) is 60.7 Å². The van der Waals surface area contributed by atoms with E-state index in [1.165, 1.54) is 16.5 Å². The summed E-state index contributed by atoms with van der Waals surface area (Å²) in [5.74, 6) is 0.